The van der Waals surface area contributed by atoms with Gasteiger partial charge in [-0.15, -0.1) is 0 Å². The number of rotatable bonds is 4. The number of ketones is 1. The lowest BCUT2D eigenvalue weighted by Gasteiger charge is -2.24. The van der Waals surface area contributed by atoms with Crippen LogP contribution in [-0.2, 0) is 19.6 Å². The van der Waals surface area contributed by atoms with Crippen LogP contribution in [-0.4, -0.2) is 33.3 Å². The van der Waals surface area contributed by atoms with Crippen LogP contribution in [0.4, 0.5) is 5.69 Å². The number of hydrogen-bond donors (Lipinski definition) is 0. The summed E-state index contributed by atoms with van der Waals surface area (Å²) < 4.78 is 32.7. The number of aryl methyl sites for hydroxylation is 1. The minimum Gasteiger partial charge on any atom is -0.465 e. The van der Waals surface area contributed by atoms with E-state index in [0.717, 1.165) is 9.87 Å². The van der Waals surface area contributed by atoms with Crippen LogP contribution in [0.1, 0.15) is 29.3 Å². The van der Waals surface area contributed by atoms with E-state index >= 15 is 0 Å². The van der Waals surface area contributed by atoms with Crippen LogP contribution in [0.3, 0.4) is 0 Å². The van der Waals surface area contributed by atoms with E-state index in [1.54, 1.807) is 19.1 Å². The first-order valence-electron chi connectivity index (χ1n) is 8.85. The maximum Gasteiger partial charge on any atom is 0.316 e. The van der Waals surface area contributed by atoms with Gasteiger partial charge >= 0.3 is 5.97 Å². The van der Waals surface area contributed by atoms with Gasteiger partial charge in [-0.3, -0.25) is 13.9 Å². The summed E-state index contributed by atoms with van der Waals surface area (Å²) in [6, 6.07) is 10.8. The molecule has 28 heavy (non-hydrogen) atoms. The minimum atomic E-state index is -3.95. The largest absolute Gasteiger partial charge is 0.465 e. The summed E-state index contributed by atoms with van der Waals surface area (Å²) in [5.41, 5.74) is 1.23. The predicted molar refractivity (Wildman–Crippen MR) is 106 cm³/mol. The van der Waals surface area contributed by atoms with Gasteiger partial charge in [0.25, 0.3) is 10.0 Å². The Kier molecular flexibility index (Phi) is 5.76. The quantitative estimate of drug-likeness (QED) is 0.556. The highest BCUT2D eigenvalue weighted by Crippen LogP contribution is 2.35. The smallest absolute Gasteiger partial charge is 0.316 e. The van der Waals surface area contributed by atoms with Crippen molar-refractivity contribution in [3.8, 4) is 0 Å². The zero-order valence-electron chi connectivity index (χ0n) is 15.5. The van der Waals surface area contributed by atoms with E-state index in [-0.39, 0.29) is 35.7 Å². The maximum absolute atomic E-state index is 13.3. The van der Waals surface area contributed by atoms with E-state index in [1.165, 1.54) is 30.3 Å². The number of sulfonamides is 1. The molecule has 3 rings (SSSR count). The number of ether oxygens (including phenoxy) is 1. The molecule has 148 valence electrons. The highest BCUT2D eigenvalue weighted by atomic mass is 35.5. The monoisotopic (exact) mass is 421 g/mol. The highest BCUT2D eigenvalue weighted by Gasteiger charge is 2.38. The van der Waals surface area contributed by atoms with Crippen LogP contribution in [0.2, 0.25) is 5.02 Å². The molecule has 2 aromatic carbocycles. The summed E-state index contributed by atoms with van der Waals surface area (Å²) in [7, 11) is -3.95. The lowest BCUT2D eigenvalue weighted by molar-refractivity contribution is -0.146. The molecule has 0 bridgehead atoms. The molecular weight excluding hydrogens is 402 g/mol. The molecule has 0 radical (unpaired) electrons. The molecule has 2 aromatic rings. The summed E-state index contributed by atoms with van der Waals surface area (Å²) in [6.07, 6.45) is 0.0229. The molecule has 0 saturated carbocycles. The molecular formula is C20H20ClNO5S. The third-order valence-electron chi connectivity index (χ3n) is 4.61. The van der Waals surface area contributed by atoms with Crippen LogP contribution < -0.4 is 4.31 Å². The molecule has 1 heterocycles. The van der Waals surface area contributed by atoms with Crippen LogP contribution >= 0.6 is 11.6 Å². The van der Waals surface area contributed by atoms with Crippen molar-refractivity contribution in [2.75, 3.05) is 17.5 Å². The third-order valence-corrected chi connectivity index (χ3v) is 6.67. The molecule has 1 aliphatic rings. The van der Waals surface area contributed by atoms with Crippen LogP contribution in [0, 0.1) is 12.8 Å². The zero-order chi connectivity index (χ0) is 20.5. The third kappa shape index (κ3) is 3.77. The highest BCUT2D eigenvalue weighted by molar-refractivity contribution is 7.92. The summed E-state index contributed by atoms with van der Waals surface area (Å²) in [5, 5.41) is 0.297. The summed E-state index contributed by atoms with van der Waals surface area (Å²) in [5.74, 6) is -2.17. The number of benzene rings is 2. The van der Waals surface area contributed by atoms with Crippen LogP contribution in [0.5, 0.6) is 0 Å². The zero-order valence-corrected chi connectivity index (χ0v) is 17.1. The molecule has 6 nitrogen and oxygen atoms in total. The molecule has 0 aliphatic carbocycles. The van der Waals surface area contributed by atoms with Crippen molar-refractivity contribution >= 4 is 39.1 Å². The summed E-state index contributed by atoms with van der Waals surface area (Å²) >= 11 is 6.08. The SMILES string of the molecule is CCOC(=O)C1CCN(S(=O)(=O)c2ccc(C)cc2)c2cc(Cl)ccc2C1=O. The number of fused-ring (bicyclic) bond motifs is 1. The van der Waals surface area contributed by atoms with Gasteiger partial charge in [0.15, 0.2) is 5.78 Å². The van der Waals surface area contributed by atoms with E-state index in [1.807, 2.05) is 6.92 Å². The van der Waals surface area contributed by atoms with E-state index in [2.05, 4.69) is 0 Å². The molecule has 8 heteroatoms. The van der Waals surface area contributed by atoms with Gasteiger partial charge in [-0.1, -0.05) is 29.3 Å². The number of anilines is 1. The fourth-order valence-electron chi connectivity index (χ4n) is 3.16. The van der Waals surface area contributed by atoms with Gasteiger partial charge in [0.2, 0.25) is 0 Å². The second-order valence-corrected chi connectivity index (χ2v) is 8.81. The fraction of sp³-hybridized carbons (Fsp3) is 0.300. The van der Waals surface area contributed by atoms with E-state index < -0.39 is 27.7 Å². The molecule has 0 fully saturated rings. The number of halogens is 1. The number of Topliss-reactive ketones (excluding diaryl/α,β-unsaturated/α-hetero) is 1. The lowest BCUT2D eigenvalue weighted by atomic mass is 9.95. The van der Waals surface area contributed by atoms with E-state index in [9.17, 15) is 18.0 Å². The first-order chi connectivity index (χ1) is 13.3. The van der Waals surface area contributed by atoms with Gasteiger partial charge in [0, 0.05) is 17.1 Å². The van der Waals surface area contributed by atoms with Crippen molar-refractivity contribution in [3.05, 3.63) is 58.6 Å². The lowest BCUT2D eigenvalue weighted by Crippen LogP contribution is -2.33. The van der Waals surface area contributed by atoms with Gasteiger partial charge in [0.1, 0.15) is 5.92 Å². The Bertz CT molecular complexity index is 1020. The van der Waals surface area contributed by atoms with Crippen molar-refractivity contribution in [2.45, 2.75) is 25.2 Å². The number of nitrogens with zero attached hydrogens (tertiary/aromatic N) is 1. The molecule has 0 N–H and O–H groups in total. The van der Waals surface area contributed by atoms with Gasteiger partial charge < -0.3 is 4.74 Å². The molecule has 1 atom stereocenters. The number of hydrogen-bond acceptors (Lipinski definition) is 5. The van der Waals surface area contributed by atoms with E-state index in [0.29, 0.717) is 5.02 Å². The van der Waals surface area contributed by atoms with Gasteiger partial charge in [-0.25, -0.2) is 8.42 Å². The molecule has 0 aromatic heterocycles. The first-order valence-corrected chi connectivity index (χ1v) is 10.7. The Morgan fingerprint density at radius 2 is 1.89 bits per heavy atom. The second-order valence-electron chi connectivity index (χ2n) is 6.51. The number of esters is 1. The molecule has 0 saturated heterocycles. The Hall–Kier alpha value is -2.38. The van der Waals surface area contributed by atoms with Crippen molar-refractivity contribution in [1.29, 1.82) is 0 Å². The summed E-state index contributed by atoms with van der Waals surface area (Å²) in [4.78, 5) is 25.3. The molecule has 1 aliphatic heterocycles. The van der Waals surface area contributed by atoms with Crippen molar-refractivity contribution in [2.24, 2.45) is 5.92 Å². The maximum atomic E-state index is 13.3. The predicted octanol–water partition coefficient (Wildman–Crippen LogP) is 3.61. The fourth-order valence-corrected chi connectivity index (χ4v) is 4.82. The normalized spacial score (nSPS) is 17.0. The minimum absolute atomic E-state index is 0.0229. The summed E-state index contributed by atoms with van der Waals surface area (Å²) in [6.45, 7) is 3.61. The Labute approximate surface area is 169 Å². The topological polar surface area (TPSA) is 80.8 Å². The van der Waals surface area contributed by atoms with Gasteiger partial charge in [-0.2, -0.15) is 0 Å². The average Bonchev–Trinajstić information content (AvgIpc) is 2.79. The first kappa shape index (κ1) is 20.4. The molecule has 1 unspecified atom stereocenters. The van der Waals surface area contributed by atoms with Crippen molar-refractivity contribution in [1.82, 2.24) is 0 Å². The van der Waals surface area contributed by atoms with Crippen molar-refractivity contribution in [3.63, 3.8) is 0 Å². The van der Waals surface area contributed by atoms with Gasteiger partial charge in [0.05, 0.1) is 17.2 Å². The molecule has 0 spiro atoms. The Morgan fingerprint density at radius 1 is 1.21 bits per heavy atom. The molecule has 0 amide bonds. The number of carbonyl (C=O) groups excluding carboxylic acids is 2. The Balaban J connectivity index is 2.12. The van der Waals surface area contributed by atoms with Crippen LogP contribution in [0.15, 0.2) is 47.4 Å². The standard InChI is InChI=1S/C20H20ClNO5S/c1-3-27-20(24)17-10-11-22(18-12-14(21)6-9-16(18)19(17)23)28(25,26)15-7-4-13(2)5-8-15/h4-9,12,17H,3,10-11H2,1-2H3. The number of carbonyl (C=O) groups is 2. The second kappa shape index (κ2) is 7.93. The van der Waals surface area contributed by atoms with Gasteiger partial charge in [-0.05, 0) is 50.6 Å². The van der Waals surface area contributed by atoms with E-state index in [4.69, 9.17) is 16.3 Å². The Morgan fingerprint density at radius 3 is 2.54 bits per heavy atom. The van der Waals surface area contributed by atoms with Crippen LogP contribution in [0.25, 0.3) is 0 Å². The average molecular weight is 422 g/mol. The van der Waals surface area contributed by atoms with Crippen molar-refractivity contribution < 1.29 is 22.7 Å².